The summed E-state index contributed by atoms with van der Waals surface area (Å²) in [4.78, 5) is 13.4. The van der Waals surface area contributed by atoms with E-state index in [1.54, 1.807) is 12.1 Å². The highest BCUT2D eigenvalue weighted by molar-refractivity contribution is 5.85. The van der Waals surface area contributed by atoms with Gasteiger partial charge in [-0.05, 0) is 24.5 Å². The van der Waals surface area contributed by atoms with Crippen LogP contribution in [0.1, 0.15) is 31.7 Å². The van der Waals surface area contributed by atoms with Gasteiger partial charge >= 0.3 is 0 Å². The summed E-state index contributed by atoms with van der Waals surface area (Å²) in [7, 11) is 0. The van der Waals surface area contributed by atoms with Crippen LogP contribution in [0.5, 0.6) is 0 Å². The molecule has 4 heteroatoms. The lowest BCUT2D eigenvalue weighted by molar-refractivity contribution is -0.384. The Morgan fingerprint density at radius 1 is 1.35 bits per heavy atom. The molecule has 0 saturated carbocycles. The van der Waals surface area contributed by atoms with Crippen LogP contribution in [0, 0.1) is 10.1 Å². The van der Waals surface area contributed by atoms with Gasteiger partial charge in [-0.15, -0.1) is 0 Å². The van der Waals surface area contributed by atoms with Crippen molar-refractivity contribution in [2.75, 3.05) is 0 Å². The highest BCUT2D eigenvalue weighted by Gasteiger charge is 2.09. The van der Waals surface area contributed by atoms with Gasteiger partial charge in [0.1, 0.15) is 0 Å². The number of nitrogens with one attached hydrogen (secondary N) is 1. The normalized spacial score (nSPS) is 10.9. The Hall–Kier alpha value is -1.84. The van der Waals surface area contributed by atoms with E-state index in [4.69, 9.17) is 0 Å². The Bertz CT molecular complexity index is 531. The minimum absolute atomic E-state index is 0.138. The van der Waals surface area contributed by atoms with Crippen molar-refractivity contribution in [2.24, 2.45) is 0 Å². The monoisotopic (exact) mass is 232 g/mol. The molecule has 0 atom stereocenters. The summed E-state index contributed by atoms with van der Waals surface area (Å²) in [6.07, 6.45) is 6.59. The predicted molar refractivity (Wildman–Crippen MR) is 68.2 cm³/mol. The second-order valence-corrected chi connectivity index (χ2v) is 4.26. The van der Waals surface area contributed by atoms with Gasteiger partial charge in [0.25, 0.3) is 5.69 Å². The fourth-order valence-corrected chi connectivity index (χ4v) is 2.06. The van der Waals surface area contributed by atoms with Crippen LogP contribution in [0.25, 0.3) is 10.9 Å². The molecule has 17 heavy (non-hydrogen) atoms. The number of benzene rings is 1. The number of nitro groups is 1. The van der Waals surface area contributed by atoms with E-state index >= 15 is 0 Å². The standard InChI is InChI=1S/C13H16N2O2/c1-2-3-4-5-10-9-14-13-8-11(15(16)17)6-7-12(10)13/h6-9,14H,2-5H2,1H3. The third-order valence-corrected chi connectivity index (χ3v) is 3.01. The van der Waals surface area contributed by atoms with Gasteiger partial charge < -0.3 is 4.98 Å². The summed E-state index contributed by atoms with van der Waals surface area (Å²) in [5, 5.41) is 11.8. The number of hydrogen-bond acceptors (Lipinski definition) is 2. The van der Waals surface area contributed by atoms with Crippen molar-refractivity contribution in [3.8, 4) is 0 Å². The minimum atomic E-state index is -0.364. The Balaban J connectivity index is 2.25. The first-order valence-electron chi connectivity index (χ1n) is 5.96. The smallest absolute Gasteiger partial charge is 0.271 e. The first-order chi connectivity index (χ1) is 8.22. The largest absolute Gasteiger partial charge is 0.361 e. The van der Waals surface area contributed by atoms with Crippen LogP contribution < -0.4 is 0 Å². The SMILES string of the molecule is CCCCCc1c[nH]c2cc([N+](=O)[O-])ccc12. The van der Waals surface area contributed by atoms with E-state index in [-0.39, 0.29) is 10.6 Å². The number of aryl methyl sites for hydroxylation is 1. The van der Waals surface area contributed by atoms with Crippen LogP contribution in [-0.2, 0) is 6.42 Å². The molecule has 1 aromatic carbocycles. The quantitative estimate of drug-likeness (QED) is 0.484. The lowest BCUT2D eigenvalue weighted by Crippen LogP contribution is -1.87. The van der Waals surface area contributed by atoms with Crippen molar-refractivity contribution < 1.29 is 4.92 Å². The lowest BCUT2D eigenvalue weighted by Gasteiger charge is -1.98. The first-order valence-corrected chi connectivity index (χ1v) is 5.96. The van der Waals surface area contributed by atoms with Crippen LogP contribution >= 0.6 is 0 Å². The summed E-state index contributed by atoms with van der Waals surface area (Å²) >= 11 is 0. The molecule has 0 saturated heterocycles. The van der Waals surface area contributed by atoms with Gasteiger partial charge in [0, 0.05) is 23.7 Å². The Morgan fingerprint density at radius 3 is 2.88 bits per heavy atom. The highest BCUT2D eigenvalue weighted by Crippen LogP contribution is 2.24. The number of fused-ring (bicyclic) bond motifs is 1. The van der Waals surface area contributed by atoms with Crippen molar-refractivity contribution in [1.82, 2.24) is 4.98 Å². The zero-order valence-corrected chi connectivity index (χ0v) is 9.90. The summed E-state index contributed by atoms with van der Waals surface area (Å²) in [6, 6.07) is 5.00. The molecule has 1 N–H and O–H groups in total. The van der Waals surface area contributed by atoms with Crippen LogP contribution in [0.15, 0.2) is 24.4 Å². The fourth-order valence-electron chi connectivity index (χ4n) is 2.06. The first kappa shape index (κ1) is 11.6. The molecule has 0 fully saturated rings. The average Bonchev–Trinajstić information content (AvgIpc) is 2.72. The Morgan fingerprint density at radius 2 is 2.18 bits per heavy atom. The van der Waals surface area contributed by atoms with Crippen LogP contribution in [-0.4, -0.2) is 9.91 Å². The van der Waals surface area contributed by atoms with Crippen molar-refractivity contribution in [3.05, 3.63) is 40.1 Å². The molecule has 4 nitrogen and oxygen atoms in total. The number of nitro benzene ring substituents is 1. The summed E-state index contributed by atoms with van der Waals surface area (Å²) in [5.41, 5.74) is 2.24. The Labute approximate surface area is 99.8 Å². The minimum Gasteiger partial charge on any atom is -0.361 e. The van der Waals surface area contributed by atoms with Crippen molar-refractivity contribution >= 4 is 16.6 Å². The molecular formula is C13H16N2O2. The molecule has 2 rings (SSSR count). The second-order valence-electron chi connectivity index (χ2n) is 4.26. The Kier molecular flexibility index (Phi) is 3.42. The summed E-state index contributed by atoms with van der Waals surface area (Å²) < 4.78 is 0. The van der Waals surface area contributed by atoms with E-state index in [1.165, 1.54) is 24.8 Å². The molecule has 0 bridgehead atoms. The molecule has 0 aliphatic carbocycles. The van der Waals surface area contributed by atoms with E-state index in [0.717, 1.165) is 17.3 Å². The maximum absolute atomic E-state index is 10.7. The van der Waals surface area contributed by atoms with Gasteiger partial charge in [0.15, 0.2) is 0 Å². The molecule has 90 valence electrons. The molecule has 0 aliphatic heterocycles. The molecule has 0 spiro atoms. The third kappa shape index (κ3) is 2.46. The number of hydrogen-bond donors (Lipinski definition) is 1. The second kappa shape index (κ2) is 4.99. The highest BCUT2D eigenvalue weighted by atomic mass is 16.6. The number of aromatic amines is 1. The van der Waals surface area contributed by atoms with Gasteiger partial charge in [-0.2, -0.15) is 0 Å². The lowest BCUT2D eigenvalue weighted by atomic mass is 10.1. The maximum Gasteiger partial charge on any atom is 0.271 e. The number of H-pyrrole nitrogens is 1. The topological polar surface area (TPSA) is 58.9 Å². The molecule has 2 aromatic rings. The van der Waals surface area contributed by atoms with Crippen LogP contribution in [0.2, 0.25) is 0 Å². The molecule has 1 aromatic heterocycles. The van der Waals surface area contributed by atoms with Gasteiger partial charge in [0.05, 0.1) is 10.4 Å². The number of aromatic nitrogens is 1. The average molecular weight is 232 g/mol. The van der Waals surface area contributed by atoms with Crippen molar-refractivity contribution in [2.45, 2.75) is 32.6 Å². The number of unbranched alkanes of at least 4 members (excludes halogenated alkanes) is 2. The molecule has 0 aliphatic rings. The third-order valence-electron chi connectivity index (χ3n) is 3.01. The van der Waals surface area contributed by atoms with Gasteiger partial charge in [-0.25, -0.2) is 0 Å². The zero-order valence-electron chi connectivity index (χ0n) is 9.90. The van der Waals surface area contributed by atoms with E-state index in [1.807, 2.05) is 12.3 Å². The van der Waals surface area contributed by atoms with Gasteiger partial charge in [0.2, 0.25) is 0 Å². The van der Waals surface area contributed by atoms with E-state index in [0.29, 0.717) is 0 Å². The summed E-state index contributed by atoms with van der Waals surface area (Å²) in [6.45, 7) is 2.18. The molecule has 0 unspecified atom stereocenters. The van der Waals surface area contributed by atoms with E-state index in [9.17, 15) is 10.1 Å². The zero-order chi connectivity index (χ0) is 12.3. The molecule has 1 heterocycles. The van der Waals surface area contributed by atoms with Crippen LogP contribution in [0.3, 0.4) is 0 Å². The van der Waals surface area contributed by atoms with Crippen molar-refractivity contribution in [1.29, 1.82) is 0 Å². The number of non-ortho nitro benzene ring substituents is 1. The number of rotatable bonds is 5. The number of nitrogens with zero attached hydrogens (tertiary/aromatic N) is 1. The molecule has 0 radical (unpaired) electrons. The molecular weight excluding hydrogens is 216 g/mol. The van der Waals surface area contributed by atoms with Crippen LogP contribution in [0.4, 0.5) is 5.69 Å². The van der Waals surface area contributed by atoms with Gasteiger partial charge in [-0.3, -0.25) is 10.1 Å². The summed E-state index contributed by atoms with van der Waals surface area (Å²) in [5.74, 6) is 0. The molecule has 0 amide bonds. The predicted octanol–water partition coefficient (Wildman–Crippen LogP) is 3.81. The van der Waals surface area contributed by atoms with Crippen molar-refractivity contribution in [3.63, 3.8) is 0 Å². The van der Waals surface area contributed by atoms with E-state index < -0.39 is 0 Å². The van der Waals surface area contributed by atoms with E-state index in [2.05, 4.69) is 11.9 Å². The fraction of sp³-hybridized carbons (Fsp3) is 0.385. The van der Waals surface area contributed by atoms with Gasteiger partial charge in [-0.1, -0.05) is 19.8 Å². The maximum atomic E-state index is 10.7.